The molecule has 1 N–H and O–H groups in total. The number of nitrogens with zero attached hydrogens (tertiary/aromatic N) is 4. The van der Waals surface area contributed by atoms with Gasteiger partial charge in [-0.15, -0.1) is 0 Å². The average molecular weight is 405 g/mol. The highest BCUT2D eigenvalue weighted by Gasteiger charge is 2.14. The van der Waals surface area contributed by atoms with Gasteiger partial charge in [-0.05, 0) is 32.4 Å². The first-order chi connectivity index (χ1) is 14.4. The third-order valence-electron chi connectivity index (χ3n) is 4.95. The van der Waals surface area contributed by atoms with Crippen molar-refractivity contribution in [3.63, 3.8) is 0 Å². The third-order valence-corrected chi connectivity index (χ3v) is 4.95. The minimum absolute atomic E-state index is 0.138. The molecule has 0 saturated heterocycles. The van der Waals surface area contributed by atoms with Gasteiger partial charge < -0.3 is 9.73 Å². The Morgan fingerprint density at radius 1 is 1.20 bits per heavy atom. The van der Waals surface area contributed by atoms with Gasteiger partial charge in [-0.2, -0.15) is 5.10 Å². The van der Waals surface area contributed by atoms with Crippen molar-refractivity contribution in [2.24, 2.45) is 0 Å². The number of hydrogen-bond donors (Lipinski definition) is 1. The van der Waals surface area contributed by atoms with E-state index in [1.807, 2.05) is 31.2 Å². The van der Waals surface area contributed by atoms with E-state index in [1.54, 1.807) is 35.5 Å². The van der Waals surface area contributed by atoms with Crippen LogP contribution in [0.15, 0.2) is 52.1 Å². The van der Waals surface area contributed by atoms with Crippen molar-refractivity contribution in [2.75, 3.05) is 6.54 Å². The highest BCUT2D eigenvalue weighted by atomic mass is 16.3. The number of aromatic nitrogens is 4. The number of amides is 1. The molecule has 4 aromatic rings. The van der Waals surface area contributed by atoms with Crippen molar-refractivity contribution in [3.8, 4) is 0 Å². The van der Waals surface area contributed by atoms with E-state index in [4.69, 9.17) is 4.42 Å². The zero-order chi connectivity index (χ0) is 21.3. The van der Waals surface area contributed by atoms with Crippen LogP contribution in [0.1, 0.15) is 33.0 Å². The van der Waals surface area contributed by atoms with Crippen molar-refractivity contribution in [1.29, 1.82) is 0 Å². The van der Waals surface area contributed by atoms with Crippen LogP contribution in [0.4, 0.5) is 0 Å². The number of fused-ring (bicyclic) bond motifs is 1. The maximum atomic E-state index is 12.8. The molecule has 3 aromatic heterocycles. The molecule has 1 aromatic carbocycles. The SMILES string of the molecule is Cc1cccc(Cn2cnc3c(cnn3CCNC(=O)c3cc(C)oc3C)c2=O)c1. The number of benzene rings is 1. The summed E-state index contributed by atoms with van der Waals surface area (Å²) in [7, 11) is 0. The number of furan rings is 1. The standard InChI is InChI=1S/C22H23N5O3/c1-14-5-4-6-17(9-14)12-26-13-24-20-19(22(26)29)11-25-27(20)8-7-23-21(28)18-10-15(2)30-16(18)3/h4-6,9-11,13H,7-8,12H2,1-3H3,(H,23,28). The van der Waals surface area contributed by atoms with E-state index in [0.29, 0.717) is 47.8 Å². The molecule has 0 radical (unpaired) electrons. The molecule has 8 heteroatoms. The van der Waals surface area contributed by atoms with Gasteiger partial charge in [0, 0.05) is 6.54 Å². The number of carbonyl (C=O) groups is 1. The van der Waals surface area contributed by atoms with E-state index in [0.717, 1.165) is 11.1 Å². The first-order valence-corrected chi connectivity index (χ1v) is 9.74. The summed E-state index contributed by atoms with van der Waals surface area (Å²) in [5, 5.41) is 7.59. The van der Waals surface area contributed by atoms with Crippen LogP contribution in [0.3, 0.4) is 0 Å². The zero-order valence-corrected chi connectivity index (χ0v) is 17.2. The van der Waals surface area contributed by atoms with Gasteiger partial charge in [-0.25, -0.2) is 9.67 Å². The molecule has 0 aliphatic heterocycles. The van der Waals surface area contributed by atoms with E-state index in [1.165, 1.54) is 6.20 Å². The molecule has 0 atom stereocenters. The van der Waals surface area contributed by atoms with Crippen molar-refractivity contribution in [1.82, 2.24) is 24.6 Å². The maximum Gasteiger partial charge on any atom is 0.264 e. The minimum atomic E-state index is -0.200. The molecule has 0 unspecified atom stereocenters. The summed E-state index contributed by atoms with van der Waals surface area (Å²) in [6.07, 6.45) is 3.07. The summed E-state index contributed by atoms with van der Waals surface area (Å²) < 4.78 is 8.60. The van der Waals surface area contributed by atoms with Gasteiger partial charge in [0.2, 0.25) is 0 Å². The van der Waals surface area contributed by atoms with Crippen molar-refractivity contribution in [3.05, 3.63) is 81.4 Å². The van der Waals surface area contributed by atoms with Gasteiger partial charge in [0.25, 0.3) is 11.5 Å². The van der Waals surface area contributed by atoms with Crippen molar-refractivity contribution < 1.29 is 9.21 Å². The van der Waals surface area contributed by atoms with Crippen LogP contribution >= 0.6 is 0 Å². The molecule has 1 amide bonds. The first kappa shape index (κ1) is 19.6. The predicted molar refractivity (Wildman–Crippen MR) is 113 cm³/mol. The van der Waals surface area contributed by atoms with Crippen LogP contribution in [0.2, 0.25) is 0 Å². The number of rotatable bonds is 6. The van der Waals surface area contributed by atoms with Gasteiger partial charge in [-0.1, -0.05) is 29.8 Å². The van der Waals surface area contributed by atoms with E-state index in [9.17, 15) is 9.59 Å². The van der Waals surface area contributed by atoms with Crippen molar-refractivity contribution >= 4 is 16.9 Å². The quantitative estimate of drug-likeness (QED) is 0.532. The fourth-order valence-corrected chi connectivity index (χ4v) is 3.51. The molecule has 30 heavy (non-hydrogen) atoms. The molecule has 8 nitrogen and oxygen atoms in total. The molecule has 0 bridgehead atoms. The molecular weight excluding hydrogens is 382 g/mol. The lowest BCUT2D eigenvalue weighted by atomic mass is 10.1. The fourth-order valence-electron chi connectivity index (χ4n) is 3.51. The van der Waals surface area contributed by atoms with Crippen molar-refractivity contribution in [2.45, 2.75) is 33.9 Å². The zero-order valence-electron chi connectivity index (χ0n) is 17.2. The number of carbonyl (C=O) groups excluding carboxylic acids is 1. The molecule has 4 rings (SSSR count). The second-order valence-corrected chi connectivity index (χ2v) is 7.35. The fraction of sp³-hybridized carbons (Fsp3) is 0.273. The highest BCUT2D eigenvalue weighted by Crippen LogP contribution is 2.13. The molecule has 0 fully saturated rings. The number of aryl methyl sites for hydroxylation is 3. The summed E-state index contributed by atoms with van der Waals surface area (Å²) in [5.74, 6) is 1.08. The van der Waals surface area contributed by atoms with E-state index in [2.05, 4.69) is 15.4 Å². The normalized spacial score (nSPS) is 11.2. The predicted octanol–water partition coefficient (Wildman–Crippen LogP) is 2.59. The first-order valence-electron chi connectivity index (χ1n) is 9.74. The van der Waals surface area contributed by atoms with Gasteiger partial charge in [0.15, 0.2) is 5.65 Å². The Balaban J connectivity index is 1.47. The van der Waals surface area contributed by atoms with Gasteiger partial charge in [0.1, 0.15) is 23.2 Å². The lowest BCUT2D eigenvalue weighted by Crippen LogP contribution is -2.28. The molecule has 0 aliphatic rings. The summed E-state index contributed by atoms with van der Waals surface area (Å²) >= 11 is 0. The highest BCUT2D eigenvalue weighted by molar-refractivity contribution is 5.95. The minimum Gasteiger partial charge on any atom is -0.466 e. The Labute approximate surface area is 173 Å². The van der Waals surface area contributed by atoms with E-state index < -0.39 is 0 Å². The second kappa shape index (κ2) is 7.98. The van der Waals surface area contributed by atoms with E-state index >= 15 is 0 Å². The Morgan fingerprint density at radius 2 is 2.03 bits per heavy atom. The van der Waals surface area contributed by atoms with Crippen LogP contribution < -0.4 is 10.9 Å². The largest absolute Gasteiger partial charge is 0.466 e. The van der Waals surface area contributed by atoms with Crippen LogP contribution in [0, 0.1) is 20.8 Å². The average Bonchev–Trinajstić information content (AvgIpc) is 3.27. The number of hydrogen-bond acceptors (Lipinski definition) is 5. The smallest absolute Gasteiger partial charge is 0.264 e. The lowest BCUT2D eigenvalue weighted by molar-refractivity contribution is 0.0950. The Morgan fingerprint density at radius 3 is 2.77 bits per heavy atom. The molecule has 154 valence electrons. The molecule has 0 spiro atoms. The molecule has 3 heterocycles. The second-order valence-electron chi connectivity index (χ2n) is 7.35. The summed E-state index contributed by atoms with van der Waals surface area (Å²) in [5.41, 5.74) is 3.07. The van der Waals surface area contributed by atoms with Crippen LogP contribution in [-0.2, 0) is 13.1 Å². The van der Waals surface area contributed by atoms with Crippen LogP contribution in [0.5, 0.6) is 0 Å². The maximum absolute atomic E-state index is 12.8. The Bertz CT molecular complexity index is 1280. The molecule has 0 saturated carbocycles. The summed E-state index contributed by atoms with van der Waals surface area (Å²) in [4.78, 5) is 29.6. The monoisotopic (exact) mass is 405 g/mol. The Hall–Kier alpha value is -3.68. The molecular formula is C22H23N5O3. The number of nitrogens with one attached hydrogen (secondary N) is 1. The summed E-state index contributed by atoms with van der Waals surface area (Å²) in [6.45, 7) is 6.79. The van der Waals surface area contributed by atoms with Crippen LogP contribution in [-0.4, -0.2) is 31.8 Å². The lowest BCUT2D eigenvalue weighted by Gasteiger charge is -2.08. The molecule has 0 aliphatic carbocycles. The van der Waals surface area contributed by atoms with Gasteiger partial charge in [-0.3, -0.25) is 14.2 Å². The topological polar surface area (TPSA) is 95.0 Å². The van der Waals surface area contributed by atoms with Gasteiger partial charge >= 0.3 is 0 Å². The van der Waals surface area contributed by atoms with E-state index in [-0.39, 0.29) is 11.5 Å². The third kappa shape index (κ3) is 3.89. The van der Waals surface area contributed by atoms with Crippen LogP contribution in [0.25, 0.3) is 11.0 Å². The Kier molecular flexibility index (Phi) is 5.22. The summed E-state index contributed by atoms with van der Waals surface area (Å²) in [6, 6.07) is 9.74. The van der Waals surface area contributed by atoms with Gasteiger partial charge in [0.05, 0.1) is 24.8 Å².